The summed E-state index contributed by atoms with van der Waals surface area (Å²) < 4.78 is 10.3. The first-order valence-electron chi connectivity index (χ1n) is 6.73. The van der Waals surface area contributed by atoms with E-state index in [0.29, 0.717) is 5.75 Å². The highest BCUT2D eigenvalue weighted by atomic mass is 16.6. The zero-order chi connectivity index (χ0) is 14.1. The van der Waals surface area contributed by atoms with Crippen molar-refractivity contribution in [1.82, 2.24) is 5.32 Å². The minimum atomic E-state index is -0.344. The van der Waals surface area contributed by atoms with Gasteiger partial charge < -0.3 is 14.8 Å². The third kappa shape index (κ3) is 6.82. The number of benzene rings is 1. The van der Waals surface area contributed by atoms with E-state index in [1.807, 2.05) is 38.1 Å². The molecular formula is C15H23NO3. The molecule has 0 amide bonds. The second-order valence-corrected chi connectivity index (χ2v) is 4.65. The molecule has 0 aliphatic carbocycles. The lowest BCUT2D eigenvalue weighted by atomic mass is 10.2. The van der Waals surface area contributed by atoms with Gasteiger partial charge in [0, 0.05) is 6.54 Å². The van der Waals surface area contributed by atoms with Crippen molar-refractivity contribution in [3.8, 4) is 5.75 Å². The van der Waals surface area contributed by atoms with Crippen molar-refractivity contribution in [3.63, 3.8) is 0 Å². The predicted octanol–water partition coefficient (Wildman–Crippen LogP) is 2.52. The van der Waals surface area contributed by atoms with Crippen molar-refractivity contribution < 1.29 is 14.3 Å². The molecule has 0 saturated carbocycles. The van der Waals surface area contributed by atoms with Gasteiger partial charge in [-0.1, -0.05) is 19.1 Å². The summed E-state index contributed by atoms with van der Waals surface area (Å²) in [5.74, 6) is 0.337. The van der Waals surface area contributed by atoms with Crippen LogP contribution in [0.15, 0.2) is 24.3 Å². The monoisotopic (exact) mass is 265 g/mol. The Morgan fingerprint density at radius 3 is 2.53 bits per heavy atom. The Morgan fingerprint density at radius 2 is 1.95 bits per heavy atom. The van der Waals surface area contributed by atoms with Gasteiger partial charge >= 0.3 is 5.97 Å². The van der Waals surface area contributed by atoms with Gasteiger partial charge in [-0.3, -0.25) is 0 Å². The number of carbonyl (C=O) groups excluding carboxylic acids is 1. The minimum absolute atomic E-state index is 0.0500. The highest BCUT2D eigenvalue weighted by molar-refractivity contribution is 5.71. The number of esters is 1. The Bertz CT molecular complexity index is 373. The molecule has 1 rings (SSSR count). The van der Waals surface area contributed by atoms with Gasteiger partial charge in [-0.15, -0.1) is 0 Å². The summed E-state index contributed by atoms with van der Waals surface area (Å²) in [6.45, 7) is 7.58. The Balaban J connectivity index is 2.33. The maximum Gasteiger partial charge on any atom is 0.344 e. The van der Waals surface area contributed by atoms with E-state index in [1.54, 1.807) is 0 Å². The van der Waals surface area contributed by atoms with Crippen molar-refractivity contribution in [2.45, 2.75) is 39.8 Å². The van der Waals surface area contributed by atoms with E-state index in [0.717, 1.165) is 19.5 Å². The van der Waals surface area contributed by atoms with Gasteiger partial charge in [-0.2, -0.15) is 0 Å². The molecule has 0 bridgehead atoms. The second kappa shape index (κ2) is 8.53. The average Bonchev–Trinajstić information content (AvgIpc) is 2.37. The number of rotatable bonds is 8. The molecule has 0 aliphatic heterocycles. The summed E-state index contributed by atoms with van der Waals surface area (Å²) in [7, 11) is 0. The predicted molar refractivity (Wildman–Crippen MR) is 75.2 cm³/mol. The van der Waals surface area contributed by atoms with Crippen molar-refractivity contribution in [2.75, 3.05) is 13.2 Å². The van der Waals surface area contributed by atoms with E-state index in [4.69, 9.17) is 9.47 Å². The Labute approximate surface area is 115 Å². The molecule has 0 spiro atoms. The van der Waals surface area contributed by atoms with E-state index in [9.17, 15) is 4.79 Å². The number of hydrogen-bond acceptors (Lipinski definition) is 4. The van der Waals surface area contributed by atoms with E-state index >= 15 is 0 Å². The van der Waals surface area contributed by atoms with E-state index in [-0.39, 0.29) is 18.7 Å². The maximum atomic E-state index is 11.3. The Kier molecular flexibility index (Phi) is 6.97. The van der Waals surface area contributed by atoms with Crippen LogP contribution in [0.2, 0.25) is 0 Å². The lowest BCUT2D eigenvalue weighted by Crippen LogP contribution is -2.18. The molecule has 0 fully saturated rings. The zero-order valence-corrected chi connectivity index (χ0v) is 11.9. The Hall–Kier alpha value is -1.55. The first-order chi connectivity index (χ1) is 9.11. The molecule has 0 aliphatic rings. The lowest BCUT2D eigenvalue weighted by molar-refractivity contribution is -0.149. The van der Waals surface area contributed by atoms with Crippen LogP contribution in [0.4, 0.5) is 0 Å². The lowest BCUT2D eigenvalue weighted by Gasteiger charge is -2.09. The molecule has 0 atom stereocenters. The standard InChI is InChI=1S/C15H23NO3/c1-4-9-16-10-13-5-7-14(8-6-13)18-11-15(17)19-12(2)3/h5-8,12,16H,4,9-11H2,1-3H3. The van der Waals surface area contributed by atoms with Gasteiger partial charge in [-0.25, -0.2) is 4.79 Å². The molecule has 4 nitrogen and oxygen atoms in total. The van der Waals surface area contributed by atoms with E-state index in [2.05, 4.69) is 12.2 Å². The van der Waals surface area contributed by atoms with E-state index < -0.39 is 0 Å². The molecule has 4 heteroatoms. The van der Waals surface area contributed by atoms with Gasteiger partial charge in [0.2, 0.25) is 0 Å². The maximum absolute atomic E-state index is 11.3. The summed E-state index contributed by atoms with van der Waals surface area (Å²) in [6, 6.07) is 7.72. The minimum Gasteiger partial charge on any atom is -0.482 e. The van der Waals surface area contributed by atoms with Crippen molar-refractivity contribution in [3.05, 3.63) is 29.8 Å². The zero-order valence-electron chi connectivity index (χ0n) is 11.9. The fraction of sp³-hybridized carbons (Fsp3) is 0.533. The van der Waals surface area contributed by atoms with Crippen LogP contribution in [-0.2, 0) is 16.1 Å². The van der Waals surface area contributed by atoms with Crippen LogP contribution in [0.1, 0.15) is 32.8 Å². The average molecular weight is 265 g/mol. The van der Waals surface area contributed by atoms with Crippen LogP contribution in [0, 0.1) is 0 Å². The van der Waals surface area contributed by atoms with Crippen LogP contribution < -0.4 is 10.1 Å². The number of carbonyl (C=O) groups is 1. The van der Waals surface area contributed by atoms with Gasteiger partial charge in [0.1, 0.15) is 5.75 Å². The number of hydrogen-bond donors (Lipinski definition) is 1. The smallest absolute Gasteiger partial charge is 0.344 e. The second-order valence-electron chi connectivity index (χ2n) is 4.65. The van der Waals surface area contributed by atoms with Crippen LogP contribution in [0.3, 0.4) is 0 Å². The molecule has 106 valence electrons. The van der Waals surface area contributed by atoms with Gasteiger partial charge in [-0.05, 0) is 44.5 Å². The highest BCUT2D eigenvalue weighted by Crippen LogP contribution is 2.12. The summed E-state index contributed by atoms with van der Waals surface area (Å²) >= 11 is 0. The number of nitrogens with one attached hydrogen (secondary N) is 1. The molecule has 1 aromatic carbocycles. The van der Waals surface area contributed by atoms with Crippen LogP contribution in [-0.4, -0.2) is 25.2 Å². The van der Waals surface area contributed by atoms with E-state index in [1.165, 1.54) is 5.56 Å². The molecule has 1 N–H and O–H groups in total. The van der Waals surface area contributed by atoms with Crippen molar-refractivity contribution >= 4 is 5.97 Å². The molecular weight excluding hydrogens is 242 g/mol. The molecule has 0 radical (unpaired) electrons. The fourth-order valence-corrected chi connectivity index (χ4v) is 1.55. The molecule has 19 heavy (non-hydrogen) atoms. The van der Waals surface area contributed by atoms with Crippen LogP contribution in [0.25, 0.3) is 0 Å². The molecule has 1 aromatic rings. The number of ether oxygens (including phenoxy) is 2. The van der Waals surface area contributed by atoms with Crippen LogP contribution in [0.5, 0.6) is 5.75 Å². The van der Waals surface area contributed by atoms with Crippen LogP contribution >= 0.6 is 0 Å². The quantitative estimate of drug-likeness (QED) is 0.579. The van der Waals surface area contributed by atoms with Crippen molar-refractivity contribution in [2.24, 2.45) is 0 Å². The molecule has 0 aromatic heterocycles. The first kappa shape index (κ1) is 15.5. The normalized spacial score (nSPS) is 10.5. The van der Waals surface area contributed by atoms with Gasteiger partial charge in [0.15, 0.2) is 6.61 Å². The highest BCUT2D eigenvalue weighted by Gasteiger charge is 2.06. The SMILES string of the molecule is CCCNCc1ccc(OCC(=O)OC(C)C)cc1. The third-order valence-electron chi connectivity index (χ3n) is 2.40. The fourth-order valence-electron chi connectivity index (χ4n) is 1.55. The summed E-state index contributed by atoms with van der Waals surface area (Å²) in [5.41, 5.74) is 1.20. The molecule has 0 saturated heterocycles. The third-order valence-corrected chi connectivity index (χ3v) is 2.40. The summed E-state index contributed by atoms with van der Waals surface area (Å²) in [6.07, 6.45) is 1.02. The topological polar surface area (TPSA) is 47.6 Å². The van der Waals surface area contributed by atoms with Crippen molar-refractivity contribution in [1.29, 1.82) is 0 Å². The molecule has 0 unspecified atom stereocenters. The Morgan fingerprint density at radius 1 is 1.26 bits per heavy atom. The van der Waals surface area contributed by atoms with Gasteiger partial charge in [0.25, 0.3) is 0 Å². The van der Waals surface area contributed by atoms with Gasteiger partial charge in [0.05, 0.1) is 6.10 Å². The first-order valence-corrected chi connectivity index (χ1v) is 6.73. The summed E-state index contributed by atoms with van der Waals surface area (Å²) in [4.78, 5) is 11.3. The molecule has 0 heterocycles. The largest absolute Gasteiger partial charge is 0.482 e. The summed E-state index contributed by atoms with van der Waals surface area (Å²) in [5, 5.41) is 3.33.